The molecular formula is C15H14BrNO. The third kappa shape index (κ3) is 2.08. The van der Waals surface area contributed by atoms with Crippen molar-refractivity contribution in [3.05, 3.63) is 63.9 Å². The molecule has 2 nitrogen and oxygen atoms in total. The van der Waals surface area contributed by atoms with E-state index < -0.39 is 5.60 Å². The lowest BCUT2D eigenvalue weighted by atomic mass is 9.78. The zero-order chi connectivity index (χ0) is 12.6. The van der Waals surface area contributed by atoms with Crippen molar-refractivity contribution in [1.29, 1.82) is 0 Å². The minimum atomic E-state index is -0.835. The molecule has 0 spiro atoms. The summed E-state index contributed by atoms with van der Waals surface area (Å²) in [5.74, 6) is 0. The van der Waals surface area contributed by atoms with Crippen molar-refractivity contribution in [3.8, 4) is 0 Å². The summed E-state index contributed by atoms with van der Waals surface area (Å²) in [6.45, 7) is 0. The van der Waals surface area contributed by atoms with Crippen molar-refractivity contribution >= 4 is 15.9 Å². The molecule has 1 aromatic heterocycles. The Labute approximate surface area is 115 Å². The Bertz CT molecular complexity index is 584. The van der Waals surface area contributed by atoms with E-state index in [0.717, 1.165) is 23.1 Å². The van der Waals surface area contributed by atoms with Crippen LogP contribution in [0.25, 0.3) is 0 Å². The average molecular weight is 304 g/mol. The number of halogens is 1. The van der Waals surface area contributed by atoms with Crippen molar-refractivity contribution in [1.82, 2.24) is 4.98 Å². The van der Waals surface area contributed by atoms with Gasteiger partial charge in [0.2, 0.25) is 0 Å². The maximum Gasteiger partial charge on any atom is 0.111 e. The molecule has 3 heteroatoms. The standard InChI is InChI=1S/C15H14BrNO/c16-14-7-3-6-13(17-14)15(18)9-8-11-4-1-2-5-12(11)10-15/h1-7,18H,8-10H2. The molecule has 0 aliphatic heterocycles. The molecule has 1 atom stereocenters. The van der Waals surface area contributed by atoms with Crippen LogP contribution in [0.5, 0.6) is 0 Å². The molecule has 92 valence electrons. The first-order chi connectivity index (χ1) is 8.67. The largest absolute Gasteiger partial charge is 0.383 e. The van der Waals surface area contributed by atoms with E-state index in [-0.39, 0.29) is 0 Å². The van der Waals surface area contributed by atoms with Gasteiger partial charge < -0.3 is 5.11 Å². The van der Waals surface area contributed by atoms with Crippen LogP contribution >= 0.6 is 15.9 Å². The summed E-state index contributed by atoms with van der Waals surface area (Å²) in [5, 5.41) is 10.8. The highest BCUT2D eigenvalue weighted by molar-refractivity contribution is 9.10. The summed E-state index contributed by atoms with van der Waals surface area (Å²) in [5.41, 5.74) is 2.49. The third-order valence-electron chi connectivity index (χ3n) is 3.60. The fourth-order valence-corrected chi connectivity index (χ4v) is 2.95. The number of benzene rings is 1. The summed E-state index contributed by atoms with van der Waals surface area (Å²) >= 11 is 3.36. The van der Waals surface area contributed by atoms with E-state index in [4.69, 9.17) is 0 Å². The predicted octanol–water partition coefficient (Wildman–Crippen LogP) is 3.22. The quantitative estimate of drug-likeness (QED) is 0.821. The number of aliphatic hydroxyl groups is 1. The smallest absolute Gasteiger partial charge is 0.111 e. The Morgan fingerprint density at radius 3 is 2.61 bits per heavy atom. The van der Waals surface area contributed by atoms with Crippen molar-refractivity contribution in [2.75, 3.05) is 0 Å². The van der Waals surface area contributed by atoms with Gasteiger partial charge in [0.05, 0.1) is 5.69 Å². The monoisotopic (exact) mass is 303 g/mol. The van der Waals surface area contributed by atoms with Crippen molar-refractivity contribution < 1.29 is 5.11 Å². The van der Waals surface area contributed by atoms with Gasteiger partial charge in [-0.3, -0.25) is 0 Å². The van der Waals surface area contributed by atoms with Crippen LogP contribution in [-0.4, -0.2) is 10.1 Å². The van der Waals surface area contributed by atoms with E-state index in [2.05, 4.69) is 39.1 Å². The highest BCUT2D eigenvalue weighted by Crippen LogP contribution is 2.35. The fourth-order valence-electron chi connectivity index (χ4n) is 2.60. The second-order valence-corrected chi connectivity index (χ2v) is 5.64. The summed E-state index contributed by atoms with van der Waals surface area (Å²) in [6, 6.07) is 14.0. The van der Waals surface area contributed by atoms with Crippen LogP contribution in [0.2, 0.25) is 0 Å². The van der Waals surface area contributed by atoms with Gasteiger partial charge in [-0.2, -0.15) is 0 Å². The molecular weight excluding hydrogens is 290 g/mol. The van der Waals surface area contributed by atoms with Gasteiger partial charge in [-0.25, -0.2) is 4.98 Å². The minimum absolute atomic E-state index is 0.645. The third-order valence-corrected chi connectivity index (χ3v) is 4.04. The second-order valence-electron chi connectivity index (χ2n) is 4.82. The summed E-state index contributed by atoms with van der Waals surface area (Å²) in [6.07, 6.45) is 2.28. The Morgan fingerprint density at radius 2 is 1.83 bits per heavy atom. The lowest BCUT2D eigenvalue weighted by molar-refractivity contribution is 0.0178. The molecule has 2 aromatic rings. The number of hydrogen-bond acceptors (Lipinski definition) is 2. The number of rotatable bonds is 1. The second kappa shape index (κ2) is 4.48. The zero-order valence-electron chi connectivity index (χ0n) is 9.94. The topological polar surface area (TPSA) is 33.1 Å². The number of nitrogens with zero attached hydrogens (tertiary/aromatic N) is 1. The Kier molecular flexibility index (Phi) is 2.96. The maximum atomic E-state index is 10.8. The number of aryl methyl sites for hydroxylation is 1. The molecule has 0 saturated carbocycles. The van der Waals surface area contributed by atoms with Gasteiger partial charge in [-0.05, 0) is 52.0 Å². The Balaban J connectivity index is 1.99. The lowest BCUT2D eigenvalue weighted by Crippen LogP contribution is -2.34. The number of hydrogen-bond donors (Lipinski definition) is 1. The van der Waals surface area contributed by atoms with E-state index in [1.54, 1.807) is 0 Å². The van der Waals surface area contributed by atoms with E-state index >= 15 is 0 Å². The molecule has 3 rings (SSSR count). The van der Waals surface area contributed by atoms with Crippen molar-refractivity contribution in [2.24, 2.45) is 0 Å². The van der Waals surface area contributed by atoms with E-state index in [1.807, 2.05) is 24.3 Å². The zero-order valence-corrected chi connectivity index (χ0v) is 11.5. The summed E-state index contributed by atoms with van der Waals surface area (Å²) in [7, 11) is 0. The van der Waals surface area contributed by atoms with Crippen LogP contribution < -0.4 is 0 Å². The van der Waals surface area contributed by atoms with Crippen molar-refractivity contribution in [2.45, 2.75) is 24.9 Å². The van der Waals surface area contributed by atoms with Gasteiger partial charge in [-0.1, -0.05) is 30.3 Å². The van der Waals surface area contributed by atoms with Gasteiger partial charge in [0, 0.05) is 6.42 Å². The summed E-state index contributed by atoms with van der Waals surface area (Å²) in [4.78, 5) is 4.41. The van der Waals surface area contributed by atoms with Crippen LogP contribution in [0.4, 0.5) is 0 Å². The average Bonchev–Trinajstić information content (AvgIpc) is 2.38. The normalized spacial score (nSPS) is 22.6. The molecule has 0 amide bonds. The molecule has 18 heavy (non-hydrogen) atoms. The molecule has 0 saturated heterocycles. The fraction of sp³-hybridized carbons (Fsp3) is 0.267. The number of pyridine rings is 1. The van der Waals surface area contributed by atoms with Gasteiger partial charge in [0.25, 0.3) is 0 Å². The molecule has 1 aromatic carbocycles. The van der Waals surface area contributed by atoms with Crippen LogP contribution in [0.3, 0.4) is 0 Å². The van der Waals surface area contributed by atoms with Gasteiger partial charge in [0.15, 0.2) is 0 Å². The Morgan fingerprint density at radius 1 is 1.06 bits per heavy atom. The first-order valence-corrected chi connectivity index (χ1v) is 6.89. The number of fused-ring (bicyclic) bond motifs is 1. The van der Waals surface area contributed by atoms with Gasteiger partial charge in [0.1, 0.15) is 10.2 Å². The van der Waals surface area contributed by atoms with E-state index in [1.165, 1.54) is 11.1 Å². The Hall–Kier alpha value is -1.19. The molecule has 0 radical (unpaired) electrons. The molecule has 0 fully saturated rings. The first-order valence-electron chi connectivity index (χ1n) is 6.10. The molecule has 1 heterocycles. The number of aromatic nitrogens is 1. The predicted molar refractivity (Wildman–Crippen MR) is 74.3 cm³/mol. The van der Waals surface area contributed by atoms with Gasteiger partial charge >= 0.3 is 0 Å². The molecule has 1 aliphatic rings. The summed E-state index contributed by atoms with van der Waals surface area (Å²) < 4.78 is 0.771. The molecule has 1 aliphatic carbocycles. The highest BCUT2D eigenvalue weighted by Gasteiger charge is 2.34. The van der Waals surface area contributed by atoms with E-state index in [9.17, 15) is 5.11 Å². The van der Waals surface area contributed by atoms with Crippen LogP contribution in [0, 0.1) is 0 Å². The van der Waals surface area contributed by atoms with Crippen LogP contribution in [0.15, 0.2) is 47.1 Å². The lowest BCUT2D eigenvalue weighted by Gasteiger charge is -2.33. The van der Waals surface area contributed by atoms with E-state index in [0.29, 0.717) is 6.42 Å². The van der Waals surface area contributed by atoms with Gasteiger partial charge in [-0.15, -0.1) is 0 Å². The molecule has 0 bridgehead atoms. The minimum Gasteiger partial charge on any atom is -0.383 e. The SMILES string of the molecule is OC1(c2cccc(Br)n2)CCc2ccccc2C1. The van der Waals surface area contributed by atoms with Crippen LogP contribution in [0.1, 0.15) is 23.2 Å². The van der Waals surface area contributed by atoms with Crippen LogP contribution in [-0.2, 0) is 18.4 Å². The highest BCUT2D eigenvalue weighted by atomic mass is 79.9. The first kappa shape index (κ1) is 11.9. The molecule has 1 unspecified atom stereocenters. The maximum absolute atomic E-state index is 10.8. The molecule has 1 N–H and O–H groups in total. The van der Waals surface area contributed by atoms with Crippen molar-refractivity contribution in [3.63, 3.8) is 0 Å².